The van der Waals surface area contributed by atoms with E-state index in [1.165, 1.54) is 6.08 Å². The van der Waals surface area contributed by atoms with E-state index in [9.17, 15) is 9.59 Å². The Bertz CT molecular complexity index is 995. The average Bonchev–Trinajstić information content (AvgIpc) is 2.92. The molecule has 2 fully saturated rings. The maximum Gasteiger partial charge on any atom is 0.267 e. The Balaban J connectivity index is 1.19. The number of amides is 2. The number of pyridine rings is 1. The lowest BCUT2D eigenvalue weighted by Crippen LogP contribution is -2.42. The molecule has 2 aromatic rings. The SMILES string of the molecule is COc1ccc(C(=O)N2CCC(Nc3ccc(C=CC(=O)NOC4CCCCO4)cn3)CC2)cc1. The Morgan fingerprint density at radius 1 is 1.09 bits per heavy atom. The number of anilines is 1. The van der Waals surface area contributed by atoms with E-state index in [2.05, 4.69) is 15.8 Å². The highest BCUT2D eigenvalue weighted by Gasteiger charge is 2.24. The number of hydrogen-bond acceptors (Lipinski definition) is 7. The molecule has 2 N–H and O–H groups in total. The van der Waals surface area contributed by atoms with E-state index in [0.717, 1.165) is 49.2 Å². The van der Waals surface area contributed by atoms with Gasteiger partial charge in [0, 0.05) is 50.0 Å². The number of likely N-dealkylation sites (tertiary alicyclic amines) is 1. The van der Waals surface area contributed by atoms with Gasteiger partial charge >= 0.3 is 0 Å². The lowest BCUT2D eigenvalue weighted by atomic mass is 10.0. The number of hydroxylamine groups is 1. The van der Waals surface area contributed by atoms with Crippen molar-refractivity contribution in [3.05, 3.63) is 59.8 Å². The summed E-state index contributed by atoms with van der Waals surface area (Å²) in [5, 5.41) is 3.44. The summed E-state index contributed by atoms with van der Waals surface area (Å²) in [4.78, 5) is 36.3. The smallest absolute Gasteiger partial charge is 0.267 e. The number of nitrogens with zero attached hydrogens (tertiary/aromatic N) is 2. The van der Waals surface area contributed by atoms with Crippen LogP contribution in [0.2, 0.25) is 0 Å². The van der Waals surface area contributed by atoms with Crippen LogP contribution in [0.25, 0.3) is 6.08 Å². The summed E-state index contributed by atoms with van der Waals surface area (Å²) in [7, 11) is 1.61. The molecule has 4 rings (SSSR count). The summed E-state index contributed by atoms with van der Waals surface area (Å²) in [5.41, 5.74) is 3.87. The van der Waals surface area contributed by atoms with Gasteiger partial charge in [-0.15, -0.1) is 0 Å². The van der Waals surface area contributed by atoms with Gasteiger partial charge in [0.1, 0.15) is 11.6 Å². The second-order valence-electron chi connectivity index (χ2n) is 8.63. The maximum absolute atomic E-state index is 12.7. The van der Waals surface area contributed by atoms with Gasteiger partial charge in [-0.1, -0.05) is 0 Å². The third-order valence-electron chi connectivity index (χ3n) is 6.11. The van der Waals surface area contributed by atoms with Crippen LogP contribution in [-0.4, -0.2) is 60.8 Å². The molecular formula is C26H32N4O5. The van der Waals surface area contributed by atoms with Crippen LogP contribution >= 0.6 is 0 Å². The zero-order valence-corrected chi connectivity index (χ0v) is 19.9. The second kappa shape index (κ2) is 12.3. The molecule has 0 spiro atoms. The third-order valence-corrected chi connectivity index (χ3v) is 6.11. The average molecular weight is 481 g/mol. The number of methoxy groups -OCH3 is 1. The van der Waals surface area contributed by atoms with Crippen LogP contribution in [0.15, 0.2) is 48.7 Å². The van der Waals surface area contributed by atoms with E-state index in [4.69, 9.17) is 14.3 Å². The predicted octanol–water partition coefficient (Wildman–Crippen LogP) is 3.39. The van der Waals surface area contributed by atoms with Crippen LogP contribution in [0.5, 0.6) is 5.75 Å². The fourth-order valence-corrected chi connectivity index (χ4v) is 4.08. The van der Waals surface area contributed by atoms with Crippen molar-refractivity contribution in [3.63, 3.8) is 0 Å². The van der Waals surface area contributed by atoms with Crippen molar-refractivity contribution in [3.8, 4) is 5.75 Å². The molecular weight excluding hydrogens is 448 g/mol. The minimum Gasteiger partial charge on any atom is -0.497 e. The highest BCUT2D eigenvalue weighted by atomic mass is 16.8. The van der Waals surface area contributed by atoms with Crippen LogP contribution in [0.3, 0.4) is 0 Å². The number of ether oxygens (including phenoxy) is 2. The molecule has 0 radical (unpaired) electrons. The molecule has 0 bridgehead atoms. The van der Waals surface area contributed by atoms with Gasteiger partial charge in [0.15, 0.2) is 6.29 Å². The normalized spacial score (nSPS) is 18.9. The van der Waals surface area contributed by atoms with E-state index in [0.29, 0.717) is 25.3 Å². The number of hydrogen-bond donors (Lipinski definition) is 2. The Morgan fingerprint density at radius 3 is 2.54 bits per heavy atom. The van der Waals surface area contributed by atoms with Crippen molar-refractivity contribution in [1.29, 1.82) is 0 Å². The van der Waals surface area contributed by atoms with Crippen LogP contribution in [-0.2, 0) is 14.4 Å². The first kappa shape index (κ1) is 24.7. The fourth-order valence-electron chi connectivity index (χ4n) is 4.08. The number of aromatic nitrogens is 1. The van der Waals surface area contributed by atoms with E-state index in [1.54, 1.807) is 43.6 Å². The lowest BCUT2D eigenvalue weighted by Gasteiger charge is -2.32. The van der Waals surface area contributed by atoms with Crippen LogP contribution in [0.4, 0.5) is 5.82 Å². The minimum atomic E-state index is -0.374. The molecule has 9 heteroatoms. The number of piperidine rings is 1. The molecule has 2 saturated heterocycles. The molecule has 1 aromatic heterocycles. The zero-order chi connectivity index (χ0) is 24.5. The van der Waals surface area contributed by atoms with E-state index >= 15 is 0 Å². The maximum atomic E-state index is 12.7. The Kier molecular flexibility index (Phi) is 8.69. The van der Waals surface area contributed by atoms with Gasteiger partial charge in [-0.2, -0.15) is 0 Å². The number of rotatable bonds is 8. The van der Waals surface area contributed by atoms with E-state index in [-0.39, 0.29) is 24.1 Å². The number of nitrogens with one attached hydrogen (secondary N) is 2. The van der Waals surface area contributed by atoms with Gasteiger partial charge in [-0.05, 0) is 73.7 Å². The first-order valence-corrected chi connectivity index (χ1v) is 12.0. The Morgan fingerprint density at radius 2 is 1.89 bits per heavy atom. The van der Waals surface area contributed by atoms with Crippen molar-refractivity contribution >= 4 is 23.7 Å². The summed E-state index contributed by atoms with van der Waals surface area (Å²) < 4.78 is 10.6. The van der Waals surface area contributed by atoms with Gasteiger partial charge in [0.25, 0.3) is 11.8 Å². The van der Waals surface area contributed by atoms with Crippen molar-refractivity contribution < 1.29 is 23.9 Å². The summed E-state index contributed by atoms with van der Waals surface area (Å²) in [6, 6.07) is 11.2. The van der Waals surface area contributed by atoms with Gasteiger partial charge in [-0.25, -0.2) is 15.3 Å². The van der Waals surface area contributed by atoms with Gasteiger partial charge in [-0.3, -0.25) is 9.59 Å². The number of carbonyl (C=O) groups excluding carboxylic acids is 2. The van der Waals surface area contributed by atoms with Crippen LogP contribution in [0, 0.1) is 0 Å². The lowest BCUT2D eigenvalue weighted by molar-refractivity contribution is -0.198. The standard InChI is InChI=1S/C26H32N4O5/c1-33-22-9-7-20(8-10-22)26(32)30-15-13-21(14-16-30)28-23-11-5-19(18-27-23)6-12-24(31)29-35-25-4-2-3-17-34-25/h5-12,18,21,25H,2-4,13-17H2,1H3,(H,27,28)(H,29,31). The van der Waals surface area contributed by atoms with Crippen molar-refractivity contribution in [1.82, 2.24) is 15.4 Å². The second-order valence-corrected chi connectivity index (χ2v) is 8.63. The molecule has 0 aliphatic carbocycles. The summed E-state index contributed by atoms with van der Waals surface area (Å²) in [6.07, 6.45) is 8.94. The molecule has 0 saturated carbocycles. The van der Waals surface area contributed by atoms with Gasteiger partial charge in [0.2, 0.25) is 0 Å². The number of carbonyl (C=O) groups is 2. The summed E-state index contributed by atoms with van der Waals surface area (Å²) in [6.45, 7) is 2.03. The highest BCUT2D eigenvalue weighted by Crippen LogP contribution is 2.19. The molecule has 1 atom stereocenters. The Hall–Kier alpha value is -3.43. The molecule has 1 aromatic carbocycles. The molecule has 2 amide bonds. The van der Waals surface area contributed by atoms with Crippen molar-refractivity contribution in [2.45, 2.75) is 44.4 Å². The minimum absolute atomic E-state index is 0.0427. The van der Waals surface area contributed by atoms with Crippen molar-refractivity contribution in [2.75, 3.05) is 32.1 Å². The van der Waals surface area contributed by atoms with Gasteiger partial charge in [0.05, 0.1) is 7.11 Å². The zero-order valence-electron chi connectivity index (χ0n) is 19.9. The molecule has 1 unspecified atom stereocenters. The molecule has 3 heterocycles. The largest absolute Gasteiger partial charge is 0.497 e. The number of benzene rings is 1. The quantitative estimate of drug-likeness (QED) is 0.441. The topological polar surface area (TPSA) is 102 Å². The monoisotopic (exact) mass is 480 g/mol. The highest BCUT2D eigenvalue weighted by molar-refractivity contribution is 5.94. The van der Waals surface area contributed by atoms with E-state index in [1.807, 2.05) is 17.0 Å². The first-order chi connectivity index (χ1) is 17.1. The van der Waals surface area contributed by atoms with Gasteiger partial charge < -0.3 is 19.7 Å². The van der Waals surface area contributed by atoms with Crippen LogP contribution in [0.1, 0.15) is 48.0 Å². The molecule has 2 aliphatic heterocycles. The Labute approximate surface area is 205 Å². The molecule has 9 nitrogen and oxygen atoms in total. The third kappa shape index (κ3) is 7.27. The first-order valence-electron chi connectivity index (χ1n) is 12.0. The predicted molar refractivity (Wildman–Crippen MR) is 132 cm³/mol. The fraction of sp³-hybridized carbons (Fsp3) is 0.423. The van der Waals surface area contributed by atoms with Crippen LogP contribution < -0.4 is 15.5 Å². The van der Waals surface area contributed by atoms with Crippen molar-refractivity contribution in [2.24, 2.45) is 0 Å². The molecule has 35 heavy (non-hydrogen) atoms. The summed E-state index contributed by atoms with van der Waals surface area (Å²) in [5.74, 6) is 1.20. The molecule has 186 valence electrons. The summed E-state index contributed by atoms with van der Waals surface area (Å²) >= 11 is 0. The van der Waals surface area contributed by atoms with E-state index < -0.39 is 0 Å². The molecule has 2 aliphatic rings.